The summed E-state index contributed by atoms with van der Waals surface area (Å²) in [6, 6.07) is 1.83. The van der Waals surface area contributed by atoms with Gasteiger partial charge in [-0.3, -0.25) is 0 Å². The van der Waals surface area contributed by atoms with Crippen molar-refractivity contribution in [2.45, 2.75) is 27.2 Å². The van der Waals surface area contributed by atoms with Crippen molar-refractivity contribution < 1.29 is 4.74 Å². The van der Waals surface area contributed by atoms with E-state index in [1.54, 1.807) is 11.3 Å². The van der Waals surface area contributed by atoms with Crippen LogP contribution in [0.5, 0.6) is 5.88 Å². The van der Waals surface area contributed by atoms with Gasteiger partial charge in [0.25, 0.3) is 0 Å². The highest BCUT2D eigenvalue weighted by Gasteiger charge is 2.03. The molecule has 0 bridgehead atoms. The van der Waals surface area contributed by atoms with Crippen LogP contribution in [0.4, 0.5) is 5.95 Å². The normalized spacial score (nSPS) is 10.5. The maximum atomic E-state index is 5.39. The molecule has 0 aliphatic carbocycles. The maximum Gasteiger partial charge on any atom is 0.226 e. The molecule has 0 radical (unpaired) electrons. The van der Waals surface area contributed by atoms with Gasteiger partial charge in [-0.1, -0.05) is 0 Å². The van der Waals surface area contributed by atoms with E-state index >= 15 is 0 Å². The smallest absolute Gasteiger partial charge is 0.226 e. The minimum absolute atomic E-state index is 0.605. The van der Waals surface area contributed by atoms with Crippen LogP contribution in [0.3, 0.4) is 0 Å². The molecule has 0 aliphatic rings. The fourth-order valence-corrected chi connectivity index (χ4v) is 2.31. The van der Waals surface area contributed by atoms with Gasteiger partial charge in [0.05, 0.1) is 17.3 Å². The van der Waals surface area contributed by atoms with Gasteiger partial charge in [-0.05, 0) is 20.8 Å². The highest BCUT2D eigenvalue weighted by Crippen LogP contribution is 2.12. The molecule has 102 valence electrons. The fraction of sp³-hybridized carbons (Fsp3) is 0.462. The predicted molar refractivity (Wildman–Crippen MR) is 77.0 cm³/mol. The number of hydrogen-bond donors (Lipinski definition) is 1. The van der Waals surface area contributed by atoms with E-state index in [1.807, 2.05) is 26.8 Å². The van der Waals surface area contributed by atoms with E-state index in [4.69, 9.17) is 4.74 Å². The number of nitrogens with zero attached hydrogens (tertiary/aromatic N) is 3. The second-order valence-corrected chi connectivity index (χ2v) is 5.20. The first-order chi connectivity index (χ1) is 9.17. The van der Waals surface area contributed by atoms with Crippen LogP contribution in [0, 0.1) is 13.8 Å². The van der Waals surface area contributed by atoms with Crippen LogP contribution in [-0.2, 0) is 6.42 Å². The summed E-state index contributed by atoms with van der Waals surface area (Å²) >= 11 is 1.67. The lowest BCUT2D eigenvalue weighted by Gasteiger charge is -2.07. The number of thiazole rings is 1. The van der Waals surface area contributed by atoms with Gasteiger partial charge < -0.3 is 10.1 Å². The van der Waals surface area contributed by atoms with E-state index in [0.717, 1.165) is 29.4 Å². The Morgan fingerprint density at radius 2 is 2.11 bits per heavy atom. The summed E-state index contributed by atoms with van der Waals surface area (Å²) in [6.45, 7) is 7.25. The van der Waals surface area contributed by atoms with Crippen LogP contribution in [-0.4, -0.2) is 28.1 Å². The standard InChI is InChI=1S/C13H18N4OS/c1-4-18-12-7-9(2)15-13(17-12)14-6-5-11-8-19-10(3)16-11/h7-8H,4-6H2,1-3H3,(H,14,15,17). The van der Waals surface area contributed by atoms with Gasteiger partial charge in [0.1, 0.15) is 0 Å². The van der Waals surface area contributed by atoms with Gasteiger partial charge in [-0.15, -0.1) is 11.3 Å². The average molecular weight is 278 g/mol. The third-order valence-electron chi connectivity index (χ3n) is 2.45. The van der Waals surface area contributed by atoms with Crippen LogP contribution >= 0.6 is 11.3 Å². The monoisotopic (exact) mass is 278 g/mol. The highest BCUT2D eigenvalue weighted by molar-refractivity contribution is 7.09. The Hall–Kier alpha value is -1.69. The molecule has 0 aliphatic heterocycles. The molecule has 2 rings (SSSR count). The predicted octanol–water partition coefficient (Wildman–Crippen LogP) is 2.60. The minimum atomic E-state index is 0.605. The van der Waals surface area contributed by atoms with Crippen molar-refractivity contribution in [1.29, 1.82) is 0 Å². The first-order valence-corrected chi connectivity index (χ1v) is 7.18. The van der Waals surface area contributed by atoms with E-state index < -0.39 is 0 Å². The van der Waals surface area contributed by atoms with Crippen LogP contribution < -0.4 is 10.1 Å². The summed E-state index contributed by atoms with van der Waals surface area (Å²) in [4.78, 5) is 13.0. The van der Waals surface area contributed by atoms with Crippen molar-refractivity contribution in [2.75, 3.05) is 18.5 Å². The molecule has 0 spiro atoms. The molecule has 0 aromatic carbocycles. The van der Waals surface area contributed by atoms with Crippen LogP contribution in [0.15, 0.2) is 11.4 Å². The zero-order valence-corrected chi connectivity index (χ0v) is 12.3. The lowest BCUT2D eigenvalue weighted by atomic mass is 10.3. The van der Waals surface area contributed by atoms with E-state index in [0.29, 0.717) is 18.4 Å². The number of aromatic nitrogens is 3. The number of aryl methyl sites for hydroxylation is 2. The summed E-state index contributed by atoms with van der Waals surface area (Å²) in [7, 11) is 0. The Morgan fingerprint density at radius 1 is 1.26 bits per heavy atom. The molecule has 0 amide bonds. The van der Waals surface area contributed by atoms with Crippen molar-refractivity contribution in [1.82, 2.24) is 15.0 Å². The number of anilines is 1. The molecule has 5 nitrogen and oxygen atoms in total. The van der Waals surface area contributed by atoms with Crippen LogP contribution in [0.25, 0.3) is 0 Å². The maximum absolute atomic E-state index is 5.39. The number of ether oxygens (including phenoxy) is 1. The molecular weight excluding hydrogens is 260 g/mol. The van der Waals surface area contributed by atoms with E-state index in [9.17, 15) is 0 Å². The van der Waals surface area contributed by atoms with Gasteiger partial charge in [0.2, 0.25) is 11.8 Å². The summed E-state index contributed by atoms with van der Waals surface area (Å²) in [5.41, 5.74) is 2.00. The van der Waals surface area contributed by atoms with Gasteiger partial charge in [-0.25, -0.2) is 9.97 Å². The Balaban J connectivity index is 1.91. The lowest BCUT2D eigenvalue weighted by molar-refractivity contribution is 0.326. The van der Waals surface area contributed by atoms with E-state index in [2.05, 4.69) is 25.6 Å². The van der Waals surface area contributed by atoms with Crippen molar-refractivity contribution in [3.05, 3.63) is 27.8 Å². The van der Waals surface area contributed by atoms with Crippen LogP contribution in [0.1, 0.15) is 23.3 Å². The van der Waals surface area contributed by atoms with Gasteiger partial charge in [0, 0.05) is 30.1 Å². The first kappa shape index (κ1) is 13.7. The molecule has 0 unspecified atom stereocenters. The largest absolute Gasteiger partial charge is 0.478 e. The molecule has 0 saturated carbocycles. The second kappa shape index (κ2) is 6.47. The van der Waals surface area contributed by atoms with Gasteiger partial charge in [-0.2, -0.15) is 4.98 Å². The van der Waals surface area contributed by atoms with Crippen molar-refractivity contribution in [3.63, 3.8) is 0 Å². The summed E-state index contributed by atoms with van der Waals surface area (Å²) in [5.74, 6) is 1.22. The highest BCUT2D eigenvalue weighted by atomic mass is 32.1. The molecule has 19 heavy (non-hydrogen) atoms. The Bertz CT molecular complexity index is 541. The zero-order chi connectivity index (χ0) is 13.7. The molecule has 2 heterocycles. The summed E-state index contributed by atoms with van der Waals surface area (Å²) in [5, 5.41) is 6.39. The minimum Gasteiger partial charge on any atom is -0.478 e. The molecule has 0 saturated heterocycles. The van der Waals surface area contributed by atoms with Crippen molar-refractivity contribution >= 4 is 17.3 Å². The summed E-state index contributed by atoms with van der Waals surface area (Å²) in [6.07, 6.45) is 0.867. The molecule has 1 N–H and O–H groups in total. The molecule has 2 aromatic rings. The topological polar surface area (TPSA) is 59.9 Å². The molecule has 6 heteroatoms. The quantitative estimate of drug-likeness (QED) is 0.880. The van der Waals surface area contributed by atoms with Gasteiger partial charge >= 0.3 is 0 Å². The zero-order valence-electron chi connectivity index (χ0n) is 11.4. The van der Waals surface area contributed by atoms with Crippen molar-refractivity contribution in [2.24, 2.45) is 0 Å². The molecule has 0 atom stereocenters. The molecular formula is C13H18N4OS. The Labute approximate surface area is 117 Å². The molecule has 0 fully saturated rings. The first-order valence-electron chi connectivity index (χ1n) is 6.30. The Morgan fingerprint density at radius 3 is 2.79 bits per heavy atom. The fourth-order valence-electron chi connectivity index (χ4n) is 1.67. The molecule has 2 aromatic heterocycles. The number of hydrogen-bond acceptors (Lipinski definition) is 6. The van der Waals surface area contributed by atoms with Crippen LogP contribution in [0.2, 0.25) is 0 Å². The number of rotatable bonds is 6. The van der Waals surface area contributed by atoms with Gasteiger partial charge in [0.15, 0.2) is 0 Å². The number of nitrogens with one attached hydrogen (secondary N) is 1. The van der Waals surface area contributed by atoms with Crippen molar-refractivity contribution in [3.8, 4) is 5.88 Å². The lowest BCUT2D eigenvalue weighted by Crippen LogP contribution is -2.09. The van der Waals surface area contributed by atoms with E-state index in [-0.39, 0.29) is 0 Å². The average Bonchev–Trinajstić information content (AvgIpc) is 2.75. The second-order valence-electron chi connectivity index (χ2n) is 4.14. The SMILES string of the molecule is CCOc1cc(C)nc(NCCc2csc(C)n2)n1. The van der Waals surface area contributed by atoms with E-state index in [1.165, 1.54) is 0 Å². The Kier molecular flexibility index (Phi) is 4.68. The third kappa shape index (κ3) is 4.17. The summed E-state index contributed by atoms with van der Waals surface area (Å²) < 4.78 is 5.39. The third-order valence-corrected chi connectivity index (χ3v) is 3.28.